The fourth-order valence-corrected chi connectivity index (χ4v) is 6.93. The van der Waals surface area contributed by atoms with Crippen LogP contribution in [0.15, 0.2) is 66.9 Å². The summed E-state index contributed by atoms with van der Waals surface area (Å²) in [5.41, 5.74) is 3.41. The van der Waals surface area contributed by atoms with E-state index in [1.165, 1.54) is 22.7 Å². The normalized spacial score (nSPS) is 20.4. The Kier molecular flexibility index (Phi) is 8.56. The largest absolute Gasteiger partial charge is 0.508 e. The molecule has 9 nitrogen and oxygen atoms in total. The number of carbonyl (C=O) groups excluding carboxylic acids is 3. The molecule has 0 unspecified atom stereocenters. The lowest BCUT2D eigenvalue weighted by Crippen LogP contribution is -2.59. The lowest BCUT2D eigenvalue weighted by atomic mass is 9.96. The summed E-state index contributed by atoms with van der Waals surface area (Å²) in [7, 11) is 0. The minimum absolute atomic E-state index is 0.0234. The van der Waals surface area contributed by atoms with E-state index in [4.69, 9.17) is 0 Å². The van der Waals surface area contributed by atoms with E-state index in [1.54, 1.807) is 25.3 Å². The van der Waals surface area contributed by atoms with Gasteiger partial charge in [0, 0.05) is 27.8 Å². The van der Waals surface area contributed by atoms with E-state index in [-0.39, 0.29) is 35.6 Å². The predicted molar refractivity (Wildman–Crippen MR) is 161 cm³/mol. The summed E-state index contributed by atoms with van der Waals surface area (Å²) in [6, 6.07) is 15.7. The molecule has 1 aromatic heterocycles. The van der Waals surface area contributed by atoms with E-state index in [2.05, 4.69) is 15.6 Å². The van der Waals surface area contributed by atoms with Crippen LogP contribution in [0.3, 0.4) is 0 Å². The quantitative estimate of drug-likeness (QED) is 0.318. The van der Waals surface area contributed by atoms with Gasteiger partial charge in [0.25, 0.3) is 11.8 Å². The minimum Gasteiger partial charge on any atom is -0.508 e. The summed E-state index contributed by atoms with van der Waals surface area (Å²) < 4.78 is -0.604. The van der Waals surface area contributed by atoms with Crippen molar-refractivity contribution < 1.29 is 24.6 Å². The Balaban J connectivity index is 1.37. The van der Waals surface area contributed by atoms with Crippen LogP contribution in [0, 0.1) is 6.92 Å². The number of rotatable bonds is 8. The molecule has 3 amide bonds. The maximum Gasteiger partial charge on any atom is 0.254 e. The van der Waals surface area contributed by atoms with Crippen molar-refractivity contribution in [3.8, 4) is 5.75 Å². The van der Waals surface area contributed by atoms with Gasteiger partial charge in [0.2, 0.25) is 5.91 Å². The van der Waals surface area contributed by atoms with Crippen LogP contribution in [0.2, 0.25) is 0 Å². The van der Waals surface area contributed by atoms with Crippen LogP contribution < -0.4 is 10.6 Å². The number of aryl methyl sites for hydroxylation is 1. The lowest BCUT2D eigenvalue weighted by molar-refractivity contribution is -0.147. The molecule has 0 saturated carbocycles. The number of benzene rings is 2. The number of carbonyl (C=O) groups is 3. The number of phenolic OH excluding ortho intramolecular Hbond substituents is 1. The van der Waals surface area contributed by atoms with Crippen molar-refractivity contribution in [3.05, 3.63) is 94.8 Å². The second-order valence-corrected chi connectivity index (χ2v) is 13.0. The van der Waals surface area contributed by atoms with Crippen molar-refractivity contribution in [1.29, 1.82) is 0 Å². The maximum atomic E-state index is 13.9. The molecule has 1 fully saturated rings. The zero-order chi connectivity index (χ0) is 30.0. The smallest absolute Gasteiger partial charge is 0.254 e. The number of pyridine rings is 1. The van der Waals surface area contributed by atoms with Gasteiger partial charge in [-0.15, -0.1) is 11.8 Å². The van der Waals surface area contributed by atoms with Gasteiger partial charge >= 0.3 is 0 Å². The van der Waals surface area contributed by atoms with Gasteiger partial charge in [-0.05, 0) is 69.4 Å². The van der Waals surface area contributed by atoms with Gasteiger partial charge in [0.1, 0.15) is 11.8 Å². The Bertz CT molecular complexity index is 1480. The van der Waals surface area contributed by atoms with Crippen molar-refractivity contribution in [3.63, 3.8) is 0 Å². The van der Waals surface area contributed by atoms with E-state index < -0.39 is 34.7 Å². The number of phenols is 1. The third kappa shape index (κ3) is 6.00. The second kappa shape index (κ2) is 12.1. The molecular weight excluding hydrogens is 552 g/mol. The SMILES string of the molecule is Cc1c(O)cccc1C(=O)N[C@@H](Cc1ccccc1)[C@H](O)C(=O)N1CSC(C)(C)[C@H]1C(=O)N[C@H]1CCc2ncccc21. The zero-order valence-electron chi connectivity index (χ0n) is 23.9. The summed E-state index contributed by atoms with van der Waals surface area (Å²) in [6.07, 6.45) is 1.81. The van der Waals surface area contributed by atoms with Gasteiger partial charge in [0.05, 0.1) is 18.0 Å². The summed E-state index contributed by atoms with van der Waals surface area (Å²) in [6.45, 7) is 5.46. The van der Waals surface area contributed by atoms with E-state index in [9.17, 15) is 24.6 Å². The Morgan fingerprint density at radius 2 is 1.86 bits per heavy atom. The highest BCUT2D eigenvalue weighted by Gasteiger charge is 2.50. The summed E-state index contributed by atoms with van der Waals surface area (Å²) in [4.78, 5) is 46.8. The monoisotopic (exact) mass is 588 g/mol. The zero-order valence-corrected chi connectivity index (χ0v) is 24.7. The molecule has 10 heteroatoms. The number of aliphatic hydroxyl groups is 1. The molecule has 5 rings (SSSR count). The molecule has 2 aliphatic rings. The summed E-state index contributed by atoms with van der Waals surface area (Å²) in [5, 5.41) is 27.6. The molecule has 0 bridgehead atoms. The van der Waals surface area contributed by atoms with E-state index in [0.29, 0.717) is 5.56 Å². The first-order valence-electron chi connectivity index (χ1n) is 14.1. The number of aromatic nitrogens is 1. The molecule has 1 aliphatic heterocycles. The summed E-state index contributed by atoms with van der Waals surface area (Å²) >= 11 is 1.47. The van der Waals surface area contributed by atoms with Crippen molar-refractivity contribution in [1.82, 2.24) is 20.5 Å². The first-order valence-corrected chi connectivity index (χ1v) is 15.1. The van der Waals surface area contributed by atoms with Crippen LogP contribution in [-0.4, -0.2) is 66.6 Å². The molecule has 2 heterocycles. The molecule has 0 radical (unpaired) electrons. The third-order valence-corrected chi connectivity index (χ3v) is 9.54. The number of amides is 3. The molecule has 42 heavy (non-hydrogen) atoms. The van der Waals surface area contributed by atoms with Crippen LogP contribution in [-0.2, 0) is 22.4 Å². The first-order chi connectivity index (χ1) is 20.1. The van der Waals surface area contributed by atoms with Crippen LogP contribution in [0.1, 0.15) is 59.1 Å². The standard InChI is InChI=1S/C32H36N4O5S/c1-19-21(11-7-13-26(19)37)29(39)35-25(17-20-9-5-4-6-10-20)27(38)31(41)36-18-42-32(2,3)28(36)30(40)34-24-15-14-23-22(24)12-8-16-33-23/h4-13,16,24-25,27-28,37-38H,14-15,17-18H2,1-3H3,(H,34,40)(H,35,39)/t24-,25-,27-,28+/m0/s1. The fraction of sp³-hybridized carbons (Fsp3) is 0.375. The van der Waals surface area contributed by atoms with Crippen molar-refractivity contribution in [2.24, 2.45) is 0 Å². The topological polar surface area (TPSA) is 132 Å². The minimum atomic E-state index is -1.62. The second-order valence-electron chi connectivity index (χ2n) is 11.4. The molecular formula is C32H36N4O5S. The van der Waals surface area contributed by atoms with E-state index in [1.807, 2.05) is 56.3 Å². The molecule has 2 aromatic carbocycles. The number of aliphatic hydroxyl groups excluding tert-OH is 1. The van der Waals surface area contributed by atoms with E-state index in [0.717, 1.165) is 29.7 Å². The van der Waals surface area contributed by atoms with Gasteiger partial charge in [-0.3, -0.25) is 19.4 Å². The maximum absolute atomic E-state index is 13.9. The van der Waals surface area contributed by atoms with Crippen LogP contribution in [0.25, 0.3) is 0 Å². The highest BCUT2D eigenvalue weighted by molar-refractivity contribution is 8.00. The van der Waals surface area contributed by atoms with Gasteiger partial charge < -0.3 is 25.7 Å². The van der Waals surface area contributed by atoms with Crippen molar-refractivity contribution in [2.45, 2.75) is 69.0 Å². The Labute approximate surface area is 249 Å². The predicted octanol–water partition coefficient (Wildman–Crippen LogP) is 3.28. The Hall–Kier alpha value is -3.89. The average molecular weight is 589 g/mol. The first kappa shape index (κ1) is 29.6. The molecule has 1 aliphatic carbocycles. The fourth-order valence-electron chi connectivity index (χ4n) is 5.79. The number of nitrogens with zero attached hydrogens (tertiary/aromatic N) is 2. The molecule has 0 spiro atoms. The number of thioether (sulfide) groups is 1. The Morgan fingerprint density at radius 1 is 1.10 bits per heavy atom. The van der Waals surface area contributed by atoms with Gasteiger partial charge in [0.15, 0.2) is 6.10 Å². The van der Waals surface area contributed by atoms with Gasteiger partial charge in [-0.1, -0.05) is 42.5 Å². The number of hydrogen-bond acceptors (Lipinski definition) is 7. The average Bonchev–Trinajstić information content (AvgIpc) is 3.53. The number of nitrogens with one attached hydrogen (secondary N) is 2. The number of aromatic hydroxyl groups is 1. The highest BCUT2D eigenvalue weighted by Crippen LogP contribution is 2.40. The third-order valence-electron chi connectivity index (χ3n) is 8.16. The van der Waals surface area contributed by atoms with Crippen molar-refractivity contribution >= 4 is 29.5 Å². The molecule has 220 valence electrons. The lowest BCUT2D eigenvalue weighted by Gasteiger charge is -2.34. The van der Waals surface area contributed by atoms with Gasteiger partial charge in [-0.2, -0.15) is 0 Å². The van der Waals surface area contributed by atoms with E-state index >= 15 is 0 Å². The molecule has 4 atom stereocenters. The highest BCUT2D eigenvalue weighted by atomic mass is 32.2. The van der Waals surface area contributed by atoms with Crippen LogP contribution in [0.5, 0.6) is 5.75 Å². The van der Waals surface area contributed by atoms with Crippen molar-refractivity contribution in [2.75, 3.05) is 5.88 Å². The summed E-state index contributed by atoms with van der Waals surface area (Å²) in [5.74, 6) is -1.23. The van der Waals surface area contributed by atoms with Crippen LogP contribution >= 0.6 is 11.8 Å². The van der Waals surface area contributed by atoms with Crippen LogP contribution in [0.4, 0.5) is 0 Å². The van der Waals surface area contributed by atoms with Gasteiger partial charge in [-0.25, -0.2) is 0 Å². The Morgan fingerprint density at radius 3 is 2.62 bits per heavy atom. The molecule has 1 saturated heterocycles. The molecule has 4 N–H and O–H groups in total. The number of fused-ring (bicyclic) bond motifs is 1. The number of hydrogen-bond donors (Lipinski definition) is 4. The molecule has 3 aromatic rings.